The molecule has 1 rings (SSSR count). The van der Waals surface area contributed by atoms with E-state index in [-0.39, 0.29) is 4.90 Å². The molecule has 0 aliphatic heterocycles. The summed E-state index contributed by atoms with van der Waals surface area (Å²) in [6.45, 7) is 4.00. The molecule has 0 nitrogen and oxygen atoms in total. The molecule has 0 amide bonds. The molecule has 0 aromatic heterocycles. The van der Waals surface area contributed by atoms with Crippen molar-refractivity contribution in [3.05, 3.63) is 29.8 Å². The van der Waals surface area contributed by atoms with Crippen molar-refractivity contribution in [1.29, 1.82) is 0 Å². The van der Waals surface area contributed by atoms with Crippen LogP contribution in [0.25, 0.3) is 0 Å². The van der Waals surface area contributed by atoms with Crippen LogP contribution in [0.15, 0.2) is 23.1 Å². The third-order valence-electron chi connectivity index (χ3n) is 0.996. The van der Waals surface area contributed by atoms with Gasteiger partial charge in [-0.25, -0.2) is 8.78 Å². The fourth-order valence-corrected chi connectivity index (χ4v) is 1.28. The van der Waals surface area contributed by atoms with E-state index in [0.717, 1.165) is 12.1 Å². The van der Waals surface area contributed by atoms with Crippen LogP contribution in [-0.4, -0.2) is 0 Å². The molecule has 1 aromatic rings. The molecule has 0 radical (unpaired) electrons. The van der Waals surface area contributed by atoms with Crippen LogP contribution in [0, 0.1) is 11.6 Å². The summed E-state index contributed by atoms with van der Waals surface area (Å²) in [5.74, 6) is -1.25. The summed E-state index contributed by atoms with van der Waals surface area (Å²) in [7, 11) is 5.72. The Kier molecular flexibility index (Phi) is 6.11. The average molecular weight is 211 g/mol. The topological polar surface area (TPSA) is 0 Å². The van der Waals surface area contributed by atoms with E-state index in [1.165, 1.54) is 6.07 Å². The van der Waals surface area contributed by atoms with Crippen molar-refractivity contribution in [2.45, 2.75) is 18.7 Å². The molecule has 0 unspecified atom stereocenters. The van der Waals surface area contributed by atoms with Crippen LogP contribution < -0.4 is 0 Å². The molecule has 0 bridgehead atoms. The second-order valence-corrected chi connectivity index (χ2v) is 2.65. The standard InChI is InChI=1S/C6H3ClF2S.C2H6/c7-10-6-4(8)2-1-3-5(6)9;1-2/h1-3H;1-2H3. The molecular formula is C8H9ClF2S. The summed E-state index contributed by atoms with van der Waals surface area (Å²) in [6, 6.07) is 3.61. The fourth-order valence-electron chi connectivity index (χ4n) is 0.556. The maximum atomic E-state index is 12.5. The number of hydrogen-bond donors (Lipinski definition) is 0. The molecule has 0 atom stereocenters. The first-order chi connectivity index (χ1) is 5.75. The minimum atomic E-state index is -0.625. The molecule has 0 saturated heterocycles. The monoisotopic (exact) mass is 210 g/mol. The van der Waals surface area contributed by atoms with Gasteiger partial charge in [-0.1, -0.05) is 19.9 Å². The SMILES string of the molecule is CC.Fc1cccc(F)c1SCl. The van der Waals surface area contributed by atoms with Crippen LogP contribution in [0.2, 0.25) is 0 Å². The summed E-state index contributed by atoms with van der Waals surface area (Å²) in [5.41, 5.74) is 0. The largest absolute Gasteiger partial charge is 0.206 e. The van der Waals surface area contributed by atoms with E-state index in [9.17, 15) is 8.78 Å². The Morgan fingerprint density at radius 3 is 1.83 bits per heavy atom. The van der Waals surface area contributed by atoms with Gasteiger partial charge in [-0.05, 0) is 33.8 Å². The van der Waals surface area contributed by atoms with Crippen molar-refractivity contribution in [2.75, 3.05) is 0 Å². The van der Waals surface area contributed by atoms with Crippen LogP contribution >= 0.6 is 21.7 Å². The van der Waals surface area contributed by atoms with Crippen molar-refractivity contribution in [2.24, 2.45) is 0 Å². The molecule has 0 heterocycles. The third kappa shape index (κ3) is 2.99. The van der Waals surface area contributed by atoms with Gasteiger partial charge in [0.2, 0.25) is 0 Å². The summed E-state index contributed by atoms with van der Waals surface area (Å²) in [5, 5.41) is 0. The van der Waals surface area contributed by atoms with Crippen LogP contribution in [0.5, 0.6) is 0 Å². The van der Waals surface area contributed by atoms with Gasteiger partial charge in [0.15, 0.2) is 0 Å². The highest BCUT2D eigenvalue weighted by atomic mass is 35.7. The minimum Gasteiger partial charge on any atom is -0.206 e. The van der Waals surface area contributed by atoms with E-state index in [4.69, 9.17) is 10.7 Å². The van der Waals surface area contributed by atoms with Crippen molar-refractivity contribution in [3.63, 3.8) is 0 Å². The first-order valence-corrected chi connectivity index (χ1v) is 5.12. The Morgan fingerprint density at radius 1 is 1.17 bits per heavy atom. The van der Waals surface area contributed by atoms with E-state index in [2.05, 4.69) is 0 Å². The summed E-state index contributed by atoms with van der Waals surface area (Å²) >= 11 is 0. The molecule has 68 valence electrons. The summed E-state index contributed by atoms with van der Waals surface area (Å²) in [6.07, 6.45) is 0. The van der Waals surface area contributed by atoms with Crippen molar-refractivity contribution < 1.29 is 8.78 Å². The summed E-state index contributed by atoms with van der Waals surface area (Å²) in [4.78, 5) is -0.149. The van der Waals surface area contributed by atoms with Crippen LogP contribution in [-0.2, 0) is 0 Å². The van der Waals surface area contributed by atoms with Crippen LogP contribution in [0.4, 0.5) is 8.78 Å². The normalized spacial score (nSPS) is 8.75. The average Bonchev–Trinajstić information content (AvgIpc) is 2.08. The molecule has 0 aliphatic rings. The van der Waals surface area contributed by atoms with Gasteiger partial charge in [-0.15, -0.1) is 0 Å². The number of benzene rings is 1. The van der Waals surface area contributed by atoms with Gasteiger partial charge in [0.05, 0.1) is 4.90 Å². The van der Waals surface area contributed by atoms with E-state index < -0.39 is 11.6 Å². The van der Waals surface area contributed by atoms with Crippen LogP contribution in [0.3, 0.4) is 0 Å². The number of halogens is 3. The molecule has 12 heavy (non-hydrogen) atoms. The van der Waals surface area contributed by atoms with E-state index in [1.807, 2.05) is 13.8 Å². The third-order valence-corrected chi connectivity index (χ3v) is 2.00. The van der Waals surface area contributed by atoms with Gasteiger partial charge in [0, 0.05) is 0 Å². The Hall–Kier alpha value is -0.280. The van der Waals surface area contributed by atoms with E-state index in [1.54, 1.807) is 0 Å². The molecule has 1 aromatic carbocycles. The Balaban J connectivity index is 0.000000561. The zero-order valence-corrected chi connectivity index (χ0v) is 8.35. The predicted octanol–water partition coefficient (Wildman–Crippen LogP) is 4.24. The Bertz CT molecular complexity index is 220. The quantitative estimate of drug-likeness (QED) is 0.668. The number of rotatable bonds is 1. The second-order valence-electron chi connectivity index (χ2n) is 1.63. The minimum absolute atomic E-state index is 0.149. The lowest BCUT2D eigenvalue weighted by molar-refractivity contribution is 0.541. The van der Waals surface area contributed by atoms with Gasteiger partial charge in [0.25, 0.3) is 0 Å². The molecule has 0 saturated carbocycles. The lowest BCUT2D eigenvalue weighted by atomic mass is 10.3. The highest BCUT2D eigenvalue weighted by Gasteiger charge is 2.06. The maximum Gasteiger partial charge on any atom is 0.140 e. The fraction of sp³-hybridized carbons (Fsp3) is 0.250. The molecular weight excluding hydrogens is 202 g/mol. The first kappa shape index (κ1) is 11.7. The van der Waals surface area contributed by atoms with E-state index >= 15 is 0 Å². The molecule has 0 fully saturated rings. The lowest BCUT2D eigenvalue weighted by Gasteiger charge is -1.96. The highest BCUT2D eigenvalue weighted by molar-refractivity contribution is 8.21. The van der Waals surface area contributed by atoms with Crippen molar-refractivity contribution in [1.82, 2.24) is 0 Å². The van der Waals surface area contributed by atoms with Crippen molar-refractivity contribution >= 4 is 21.7 Å². The zero-order chi connectivity index (χ0) is 9.56. The van der Waals surface area contributed by atoms with Gasteiger partial charge < -0.3 is 0 Å². The lowest BCUT2D eigenvalue weighted by Crippen LogP contribution is -1.82. The second kappa shape index (κ2) is 6.26. The van der Waals surface area contributed by atoms with Gasteiger partial charge in [0.1, 0.15) is 11.6 Å². The molecule has 0 aliphatic carbocycles. The Morgan fingerprint density at radius 2 is 1.58 bits per heavy atom. The molecule has 4 heteroatoms. The Labute approximate surface area is 79.4 Å². The maximum absolute atomic E-state index is 12.5. The zero-order valence-electron chi connectivity index (χ0n) is 6.77. The summed E-state index contributed by atoms with van der Waals surface area (Å²) < 4.78 is 25.0. The highest BCUT2D eigenvalue weighted by Crippen LogP contribution is 2.27. The van der Waals surface area contributed by atoms with Gasteiger partial charge in [-0.3, -0.25) is 0 Å². The first-order valence-electron chi connectivity index (χ1n) is 3.48. The molecule has 0 N–H and O–H groups in total. The predicted molar refractivity (Wildman–Crippen MR) is 49.4 cm³/mol. The number of hydrogen-bond acceptors (Lipinski definition) is 1. The van der Waals surface area contributed by atoms with Gasteiger partial charge in [-0.2, -0.15) is 0 Å². The van der Waals surface area contributed by atoms with Crippen LogP contribution in [0.1, 0.15) is 13.8 Å². The van der Waals surface area contributed by atoms with Crippen molar-refractivity contribution in [3.8, 4) is 0 Å². The van der Waals surface area contributed by atoms with Gasteiger partial charge >= 0.3 is 0 Å². The molecule has 0 spiro atoms. The van der Waals surface area contributed by atoms with E-state index in [0.29, 0.717) is 11.0 Å². The smallest absolute Gasteiger partial charge is 0.140 e.